The third-order valence-electron chi connectivity index (χ3n) is 2.80. The van der Waals surface area contributed by atoms with Crippen molar-refractivity contribution in [1.29, 1.82) is 0 Å². The van der Waals surface area contributed by atoms with Crippen molar-refractivity contribution in [3.05, 3.63) is 29.8 Å². The van der Waals surface area contributed by atoms with Gasteiger partial charge in [-0.1, -0.05) is 25.5 Å². The molecular formula is C14H23NO2. The van der Waals surface area contributed by atoms with Crippen LogP contribution in [-0.4, -0.2) is 31.4 Å². The number of ether oxygens (including phenoxy) is 1. The van der Waals surface area contributed by atoms with Crippen LogP contribution in [0.15, 0.2) is 24.3 Å². The van der Waals surface area contributed by atoms with Crippen LogP contribution < -0.4 is 10.1 Å². The van der Waals surface area contributed by atoms with Crippen LogP contribution in [0.2, 0.25) is 0 Å². The number of aliphatic hydroxyl groups excluding tert-OH is 1. The Bertz CT molecular complexity index is 298. The van der Waals surface area contributed by atoms with E-state index in [0.29, 0.717) is 13.0 Å². The summed E-state index contributed by atoms with van der Waals surface area (Å²) in [4.78, 5) is 0. The first-order valence-electron chi connectivity index (χ1n) is 6.30. The Hall–Kier alpha value is -1.06. The highest BCUT2D eigenvalue weighted by Gasteiger charge is 2.05. The second-order valence-corrected chi connectivity index (χ2v) is 4.20. The highest BCUT2D eigenvalue weighted by Crippen LogP contribution is 2.13. The van der Waals surface area contributed by atoms with Gasteiger partial charge in [0.25, 0.3) is 0 Å². The van der Waals surface area contributed by atoms with Crippen molar-refractivity contribution in [2.24, 2.45) is 0 Å². The minimum atomic E-state index is 0.185. The summed E-state index contributed by atoms with van der Waals surface area (Å²) in [5.74, 6) is 0.892. The summed E-state index contributed by atoms with van der Waals surface area (Å²) in [5.41, 5.74) is 1.35. The molecule has 2 N–H and O–H groups in total. The van der Waals surface area contributed by atoms with Crippen molar-refractivity contribution in [2.45, 2.75) is 32.2 Å². The predicted octanol–water partition coefficient (Wildman–Crippen LogP) is 1.99. The molecule has 1 atom stereocenters. The Kier molecular flexibility index (Phi) is 6.67. The molecule has 0 radical (unpaired) electrons. The third-order valence-corrected chi connectivity index (χ3v) is 2.80. The fourth-order valence-corrected chi connectivity index (χ4v) is 1.70. The van der Waals surface area contributed by atoms with Gasteiger partial charge in [-0.3, -0.25) is 0 Å². The van der Waals surface area contributed by atoms with Gasteiger partial charge in [0.15, 0.2) is 0 Å². The van der Waals surface area contributed by atoms with E-state index >= 15 is 0 Å². The predicted molar refractivity (Wildman–Crippen MR) is 70.5 cm³/mol. The van der Waals surface area contributed by atoms with Gasteiger partial charge in [0, 0.05) is 12.6 Å². The molecule has 0 bridgehead atoms. The van der Waals surface area contributed by atoms with E-state index in [1.165, 1.54) is 12.0 Å². The van der Waals surface area contributed by atoms with Gasteiger partial charge >= 0.3 is 0 Å². The van der Waals surface area contributed by atoms with Crippen LogP contribution in [0.3, 0.4) is 0 Å². The number of benzene rings is 1. The number of aryl methyl sites for hydroxylation is 1. The van der Waals surface area contributed by atoms with E-state index in [2.05, 4.69) is 24.4 Å². The first-order valence-corrected chi connectivity index (χ1v) is 6.30. The van der Waals surface area contributed by atoms with E-state index in [1.807, 2.05) is 19.2 Å². The summed E-state index contributed by atoms with van der Waals surface area (Å²) in [6.07, 6.45) is 2.99. The highest BCUT2D eigenvalue weighted by molar-refractivity contribution is 5.27. The van der Waals surface area contributed by atoms with Gasteiger partial charge in [-0.05, 0) is 37.6 Å². The maximum absolute atomic E-state index is 8.86. The van der Waals surface area contributed by atoms with E-state index in [9.17, 15) is 0 Å². The Balaban J connectivity index is 2.40. The molecule has 1 aromatic carbocycles. The van der Waals surface area contributed by atoms with Crippen molar-refractivity contribution < 1.29 is 9.84 Å². The molecule has 1 aromatic rings. The van der Waals surface area contributed by atoms with Crippen molar-refractivity contribution >= 4 is 0 Å². The number of rotatable bonds is 8. The fourth-order valence-electron chi connectivity index (χ4n) is 1.70. The van der Waals surface area contributed by atoms with Crippen molar-refractivity contribution in [2.75, 3.05) is 20.3 Å². The molecule has 3 nitrogen and oxygen atoms in total. The zero-order chi connectivity index (χ0) is 12.5. The minimum absolute atomic E-state index is 0.185. The number of likely N-dealkylation sites (N-methyl/N-ethyl adjacent to an activating group) is 1. The Morgan fingerprint density at radius 3 is 2.53 bits per heavy atom. The van der Waals surface area contributed by atoms with Gasteiger partial charge in [-0.2, -0.15) is 0 Å². The molecule has 1 rings (SSSR count). The van der Waals surface area contributed by atoms with E-state index in [4.69, 9.17) is 9.84 Å². The molecule has 0 spiro atoms. The summed E-state index contributed by atoms with van der Waals surface area (Å²) < 4.78 is 5.67. The number of hydrogen-bond donors (Lipinski definition) is 2. The molecule has 17 heavy (non-hydrogen) atoms. The topological polar surface area (TPSA) is 41.5 Å². The van der Waals surface area contributed by atoms with Gasteiger partial charge in [0.1, 0.15) is 12.4 Å². The van der Waals surface area contributed by atoms with Crippen molar-refractivity contribution in [3.63, 3.8) is 0 Å². The zero-order valence-electron chi connectivity index (χ0n) is 10.8. The average Bonchev–Trinajstić information content (AvgIpc) is 2.36. The van der Waals surface area contributed by atoms with Crippen LogP contribution in [0.4, 0.5) is 0 Å². The molecular weight excluding hydrogens is 214 g/mol. The lowest BCUT2D eigenvalue weighted by atomic mass is 10.1. The Morgan fingerprint density at radius 2 is 2.00 bits per heavy atom. The molecule has 0 aliphatic carbocycles. The van der Waals surface area contributed by atoms with Crippen LogP contribution in [0.1, 0.15) is 25.3 Å². The summed E-state index contributed by atoms with van der Waals surface area (Å²) in [6.45, 7) is 2.95. The summed E-state index contributed by atoms with van der Waals surface area (Å²) in [7, 11) is 1.88. The molecule has 0 saturated carbocycles. The lowest BCUT2D eigenvalue weighted by molar-refractivity contribution is 0.219. The summed E-state index contributed by atoms with van der Waals surface area (Å²) >= 11 is 0. The van der Waals surface area contributed by atoms with Gasteiger partial charge in [0.2, 0.25) is 0 Å². The molecule has 0 aliphatic rings. The monoisotopic (exact) mass is 237 g/mol. The van der Waals surface area contributed by atoms with Gasteiger partial charge in [0.05, 0.1) is 0 Å². The summed E-state index contributed by atoms with van der Waals surface area (Å²) in [6, 6.07) is 8.45. The zero-order valence-corrected chi connectivity index (χ0v) is 10.8. The van der Waals surface area contributed by atoms with E-state index in [0.717, 1.165) is 12.2 Å². The van der Waals surface area contributed by atoms with Crippen LogP contribution in [-0.2, 0) is 6.42 Å². The molecule has 0 aromatic heterocycles. The number of hydrogen-bond acceptors (Lipinski definition) is 3. The maximum Gasteiger partial charge on any atom is 0.119 e. The molecule has 0 fully saturated rings. The first-order chi connectivity index (χ1) is 8.30. The first kappa shape index (κ1) is 14.0. The lowest BCUT2D eigenvalue weighted by Gasteiger charge is -2.15. The van der Waals surface area contributed by atoms with Gasteiger partial charge < -0.3 is 15.2 Å². The number of nitrogens with one attached hydrogen (secondary N) is 1. The minimum Gasteiger partial charge on any atom is -0.492 e. The summed E-state index contributed by atoms with van der Waals surface area (Å²) in [5, 5.41) is 12.0. The highest BCUT2D eigenvalue weighted by atomic mass is 16.5. The molecule has 0 amide bonds. The lowest BCUT2D eigenvalue weighted by Crippen LogP contribution is -2.32. The van der Waals surface area contributed by atoms with E-state index < -0.39 is 0 Å². The van der Waals surface area contributed by atoms with Crippen LogP contribution in [0.5, 0.6) is 5.75 Å². The quantitative estimate of drug-likeness (QED) is 0.726. The van der Waals surface area contributed by atoms with Gasteiger partial charge in [-0.25, -0.2) is 0 Å². The second-order valence-electron chi connectivity index (χ2n) is 4.20. The van der Waals surface area contributed by atoms with Crippen LogP contribution >= 0.6 is 0 Å². The van der Waals surface area contributed by atoms with Crippen LogP contribution in [0.25, 0.3) is 0 Å². The third kappa shape index (κ3) is 5.20. The van der Waals surface area contributed by atoms with Crippen LogP contribution in [0, 0.1) is 0 Å². The Morgan fingerprint density at radius 1 is 1.29 bits per heavy atom. The van der Waals surface area contributed by atoms with Gasteiger partial charge in [-0.15, -0.1) is 0 Å². The largest absolute Gasteiger partial charge is 0.492 e. The smallest absolute Gasteiger partial charge is 0.119 e. The molecule has 1 unspecified atom stereocenters. The Labute approximate surface area is 104 Å². The van der Waals surface area contributed by atoms with Crippen molar-refractivity contribution in [1.82, 2.24) is 5.32 Å². The van der Waals surface area contributed by atoms with Crippen molar-refractivity contribution in [3.8, 4) is 5.75 Å². The molecule has 0 heterocycles. The molecule has 3 heteroatoms. The standard InChI is InChI=1S/C14H23NO2/c1-3-4-12-5-7-14(8-6-12)17-11-13(15-2)9-10-16/h5-8,13,15-16H,3-4,9-11H2,1-2H3. The maximum atomic E-state index is 8.86. The SMILES string of the molecule is CCCc1ccc(OCC(CCO)NC)cc1. The molecule has 0 saturated heterocycles. The fraction of sp³-hybridized carbons (Fsp3) is 0.571. The average molecular weight is 237 g/mol. The molecule has 96 valence electrons. The van der Waals surface area contributed by atoms with E-state index in [1.54, 1.807) is 0 Å². The normalized spacial score (nSPS) is 12.4. The number of aliphatic hydroxyl groups is 1. The molecule has 0 aliphatic heterocycles. The van der Waals surface area contributed by atoms with E-state index in [-0.39, 0.29) is 12.6 Å². The second kappa shape index (κ2) is 8.09.